The second kappa shape index (κ2) is 4.42. The van der Waals surface area contributed by atoms with Gasteiger partial charge in [0, 0.05) is 18.7 Å². The van der Waals surface area contributed by atoms with Crippen molar-refractivity contribution in [3.8, 4) is 0 Å². The van der Waals surface area contributed by atoms with Crippen LogP contribution in [0.5, 0.6) is 0 Å². The quantitative estimate of drug-likeness (QED) is 0.691. The normalized spacial score (nSPS) is 11.1. The number of halogens is 3. The van der Waals surface area contributed by atoms with Crippen LogP contribution in [0.3, 0.4) is 0 Å². The molecule has 0 N–H and O–H groups in total. The maximum absolute atomic E-state index is 13.2. The highest BCUT2D eigenvalue weighted by atomic mass is 19.2. The predicted molar refractivity (Wildman–Crippen MR) is 65.2 cm³/mol. The molecule has 0 atom stereocenters. The van der Waals surface area contributed by atoms with E-state index < -0.39 is 11.6 Å². The van der Waals surface area contributed by atoms with E-state index in [0.29, 0.717) is 17.6 Å². The lowest BCUT2D eigenvalue weighted by Crippen LogP contribution is -1.99. The van der Waals surface area contributed by atoms with Gasteiger partial charge >= 0.3 is 0 Å². The Morgan fingerprint density at radius 2 is 1.79 bits per heavy atom. The number of fused-ring (bicyclic) bond motifs is 1. The number of hydrogen-bond acceptors (Lipinski definition) is 1. The van der Waals surface area contributed by atoms with E-state index in [1.54, 1.807) is 16.7 Å². The van der Waals surface area contributed by atoms with Crippen molar-refractivity contribution < 1.29 is 13.2 Å². The van der Waals surface area contributed by atoms with Crippen LogP contribution in [0.2, 0.25) is 0 Å². The van der Waals surface area contributed by atoms with Gasteiger partial charge in [0.1, 0.15) is 5.82 Å². The topological polar surface area (TPSA) is 17.8 Å². The molecule has 3 rings (SSSR count). The zero-order chi connectivity index (χ0) is 13.4. The maximum Gasteiger partial charge on any atom is 0.161 e. The van der Waals surface area contributed by atoms with Gasteiger partial charge in [-0.1, -0.05) is 12.1 Å². The van der Waals surface area contributed by atoms with Crippen LogP contribution in [0, 0.1) is 17.5 Å². The highest BCUT2D eigenvalue weighted by molar-refractivity contribution is 5.75. The summed E-state index contributed by atoms with van der Waals surface area (Å²) in [5.74, 6) is -2.18. The van der Waals surface area contributed by atoms with Gasteiger partial charge in [-0.2, -0.15) is 0 Å². The molecule has 0 amide bonds. The van der Waals surface area contributed by atoms with Gasteiger partial charge in [0.2, 0.25) is 0 Å². The third kappa shape index (κ3) is 2.19. The Labute approximate surface area is 107 Å². The molecule has 0 spiro atoms. The van der Waals surface area contributed by atoms with Crippen LogP contribution in [0.4, 0.5) is 13.2 Å². The summed E-state index contributed by atoms with van der Waals surface area (Å²) in [7, 11) is 0. The Balaban J connectivity index is 2.04. The molecule has 2 aromatic carbocycles. The number of benzene rings is 2. The average Bonchev–Trinajstić information content (AvgIpc) is 2.73. The summed E-state index contributed by atoms with van der Waals surface area (Å²) in [6.45, 7) is 0.347. The summed E-state index contributed by atoms with van der Waals surface area (Å²) < 4.78 is 41.0. The third-order valence-corrected chi connectivity index (χ3v) is 2.91. The van der Waals surface area contributed by atoms with Crippen LogP contribution < -0.4 is 0 Å². The molecule has 2 nitrogen and oxygen atoms in total. The maximum atomic E-state index is 13.2. The SMILES string of the molecule is Fc1cccc(Cn2cnc3cc(F)c(F)cc32)c1. The summed E-state index contributed by atoms with van der Waals surface area (Å²) in [4.78, 5) is 4.00. The molecule has 0 aliphatic heterocycles. The Hall–Kier alpha value is -2.30. The van der Waals surface area contributed by atoms with E-state index >= 15 is 0 Å². The number of nitrogens with zero attached hydrogens (tertiary/aromatic N) is 2. The highest BCUT2D eigenvalue weighted by Crippen LogP contribution is 2.18. The van der Waals surface area contributed by atoms with Gasteiger partial charge < -0.3 is 4.57 Å². The van der Waals surface area contributed by atoms with Crippen LogP contribution in [0.15, 0.2) is 42.7 Å². The molecule has 0 radical (unpaired) electrons. The molecule has 0 bridgehead atoms. The minimum Gasteiger partial charge on any atom is -0.326 e. The first-order valence-electron chi connectivity index (χ1n) is 5.68. The second-order valence-corrected chi connectivity index (χ2v) is 4.26. The average molecular weight is 262 g/mol. The van der Waals surface area contributed by atoms with Crippen molar-refractivity contribution in [3.05, 3.63) is 65.7 Å². The molecule has 19 heavy (non-hydrogen) atoms. The molecule has 1 heterocycles. The Morgan fingerprint density at radius 1 is 1.00 bits per heavy atom. The van der Waals surface area contributed by atoms with Gasteiger partial charge in [-0.15, -0.1) is 0 Å². The van der Waals surface area contributed by atoms with Crippen LogP contribution in [0.25, 0.3) is 11.0 Å². The van der Waals surface area contributed by atoms with E-state index in [9.17, 15) is 13.2 Å². The Kier molecular flexibility index (Phi) is 2.74. The Morgan fingerprint density at radius 3 is 2.58 bits per heavy atom. The molecule has 3 aromatic rings. The molecule has 0 aliphatic rings. The first-order chi connectivity index (χ1) is 9.13. The van der Waals surface area contributed by atoms with E-state index in [4.69, 9.17) is 0 Å². The zero-order valence-electron chi connectivity index (χ0n) is 9.78. The van der Waals surface area contributed by atoms with E-state index in [1.807, 2.05) is 0 Å². The van der Waals surface area contributed by atoms with E-state index in [2.05, 4.69) is 4.98 Å². The lowest BCUT2D eigenvalue weighted by molar-refractivity contribution is 0.510. The van der Waals surface area contributed by atoms with Gasteiger partial charge in [-0.05, 0) is 17.7 Å². The lowest BCUT2D eigenvalue weighted by Gasteiger charge is -2.05. The minimum atomic E-state index is -0.927. The molecule has 0 unspecified atom stereocenters. The molecule has 5 heteroatoms. The van der Waals surface area contributed by atoms with E-state index in [1.165, 1.54) is 18.5 Å². The predicted octanol–water partition coefficient (Wildman–Crippen LogP) is 3.50. The number of hydrogen-bond donors (Lipinski definition) is 0. The summed E-state index contributed by atoms with van der Waals surface area (Å²) >= 11 is 0. The van der Waals surface area contributed by atoms with Crippen molar-refractivity contribution in [3.63, 3.8) is 0 Å². The molecule has 0 saturated carbocycles. The zero-order valence-corrected chi connectivity index (χ0v) is 9.78. The van der Waals surface area contributed by atoms with Gasteiger partial charge in [0.25, 0.3) is 0 Å². The molecule has 0 saturated heterocycles. The van der Waals surface area contributed by atoms with Crippen LogP contribution >= 0.6 is 0 Å². The van der Waals surface area contributed by atoms with Gasteiger partial charge in [0.15, 0.2) is 11.6 Å². The molecule has 0 aliphatic carbocycles. The van der Waals surface area contributed by atoms with Crippen molar-refractivity contribution in [1.82, 2.24) is 9.55 Å². The number of aromatic nitrogens is 2. The fourth-order valence-corrected chi connectivity index (χ4v) is 2.01. The highest BCUT2D eigenvalue weighted by Gasteiger charge is 2.09. The third-order valence-electron chi connectivity index (χ3n) is 2.91. The Bertz CT molecular complexity index is 750. The minimum absolute atomic E-state index is 0.334. The molecular formula is C14H9F3N2. The molecule has 96 valence electrons. The molecule has 0 fully saturated rings. The monoisotopic (exact) mass is 262 g/mol. The van der Waals surface area contributed by atoms with Crippen LogP contribution in [-0.2, 0) is 6.54 Å². The van der Waals surface area contributed by atoms with Gasteiger partial charge in [-0.25, -0.2) is 18.2 Å². The first kappa shape index (κ1) is 11.8. The molecule has 1 aromatic heterocycles. The number of imidazole rings is 1. The van der Waals surface area contributed by atoms with Gasteiger partial charge in [-0.3, -0.25) is 0 Å². The van der Waals surface area contributed by atoms with Crippen molar-refractivity contribution in [1.29, 1.82) is 0 Å². The van der Waals surface area contributed by atoms with Crippen molar-refractivity contribution in [2.45, 2.75) is 6.54 Å². The van der Waals surface area contributed by atoms with Crippen molar-refractivity contribution in [2.75, 3.05) is 0 Å². The van der Waals surface area contributed by atoms with E-state index in [-0.39, 0.29) is 5.82 Å². The summed E-state index contributed by atoms with van der Waals surface area (Å²) in [5.41, 5.74) is 1.57. The lowest BCUT2D eigenvalue weighted by atomic mass is 10.2. The summed E-state index contributed by atoms with van der Waals surface area (Å²) in [6.07, 6.45) is 1.48. The van der Waals surface area contributed by atoms with Gasteiger partial charge in [0.05, 0.1) is 17.4 Å². The number of rotatable bonds is 2. The summed E-state index contributed by atoms with van der Waals surface area (Å²) in [5, 5.41) is 0. The van der Waals surface area contributed by atoms with Crippen LogP contribution in [0.1, 0.15) is 5.56 Å². The first-order valence-corrected chi connectivity index (χ1v) is 5.68. The van der Waals surface area contributed by atoms with Crippen molar-refractivity contribution in [2.24, 2.45) is 0 Å². The fourth-order valence-electron chi connectivity index (χ4n) is 2.01. The summed E-state index contributed by atoms with van der Waals surface area (Å²) in [6, 6.07) is 8.25. The second-order valence-electron chi connectivity index (χ2n) is 4.26. The van der Waals surface area contributed by atoms with Crippen molar-refractivity contribution >= 4 is 11.0 Å². The largest absolute Gasteiger partial charge is 0.326 e. The molecular weight excluding hydrogens is 253 g/mol. The van der Waals surface area contributed by atoms with Crippen LogP contribution in [-0.4, -0.2) is 9.55 Å². The smallest absolute Gasteiger partial charge is 0.161 e. The standard InChI is InChI=1S/C14H9F3N2/c15-10-3-1-2-9(4-10)7-19-8-18-13-5-11(16)12(17)6-14(13)19/h1-6,8H,7H2. The van der Waals surface area contributed by atoms with E-state index in [0.717, 1.165) is 17.7 Å². The fraction of sp³-hybridized carbons (Fsp3) is 0.0714.